The number of hydrogen-bond acceptors (Lipinski definition) is 5. The molecule has 35 heavy (non-hydrogen) atoms. The molecule has 0 amide bonds. The number of para-hydroxylation sites is 2. The van der Waals surface area contributed by atoms with Crippen molar-refractivity contribution in [3.05, 3.63) is 54.7 Å². The van der Waals surface area contributed by atoms with Crippen molar-refractivity contribution < 1.29 is 27.2 Å². The van der Waals surface area contributed by atoms with Crippen LogP contribution in [0.1, 0.15) is 22.3 Å². The van der Waals surface area contributed by atoms with Crippen molar-refractivity contribution in [1.82, 2.24) is 14.1 Å². The molecule has 2 aliphatic heterocycles. The monoisotopic (exact) mass is 469 g/mol. The van der Waals surface area contributed by atoms with Gasteiger partial charge in [0, 0.05) is 42.2 Å². The van der Waals surface area contributed by atoms with Gasteiger partial charge in [0.15, 0.2) is 11.6 Å². The number of aromatic nitrogens is 3. The van der Waals surface area contributed by atoms with Gasteiger partial charge in [-0.15, -0.1) is 0 Å². The van der Waals surface area contributed by atoms with Crippen LogP contribution in [0.5, 0.6) is 5.88 Å². The highest BCUT2D eigenvalue weighted by Gasteiger charge is 2.65. The predicted octanol–water partition coefficient (Wildman–Crippen LogP) is 4.60. The van der Waals surface area contributed by atoms with Gasteiger partial charge in [-0.25, -0.2) is 4.79 Å². The molecule has 8 rings (SSSR count). The maximum atomic E-state index is 13.3. The molecule has 8 heteroatoms. The summed E-state index contributed by atoms with van der Waals surface area (Å²) >= 11 is 0. The summed E-state index contributed by atoms with van der Waals surface area (Å²) in [5.41, 5.74) is -1.96. The first-order valence-electron chi connectivity index (χ1n) is 12.4. The first-order chi connectivity index (χ1) is 17.7. The normalized spacial score (nSPS) is 27.8. The van der Waals surface area contributed by atoms with E-state index in [1.165, 1.54) is 6.92 Å². The van der Waals surface area contributed by atoms with Gasteiger partial charge in [0.05, 0.1) is 34.6 Å². The summed E-state index contributed by atoms with van der Waals surface area (Å²) in [7, 11) is 1.13. The molecule has 0 saturated carbocycles. The number of aromatic hydroxyl groups is 1. The number of carbonyl (C=O) groups is 1. The number of hydrogen-bond donors (Lipinski definition) is 3. The second kappa shape index (κ2) is 5.79. The average Bonchev–Trinajstić information content (AvgIpc) is 3.56. The van der Waals surface area contributed by atoms with Crippen LogP contribution in [0.25, 0.3) is 54.4 Å². The van der Waals surface area contributed by atoms with Gasteiger partial charge in [-0.3, -0.25) is 0 Å². The quantitative estimate of drug-likeness (QED) is 0.306. The largest absolute Gasteiger partial charge is 0.494 e. The molecule has 3 N–H and O–H groups in total. The number of nitrogens with one attached hydrogen (secondary N) is 1. The van der Waals surface area contributed by atoms with E-state index in [2.05, 4.69) is 4.98 Å². The number of ether oxygens (including phenoxy) is 2. The van der Waals surface area contributed by atoms with Gasteiger partial charge in [-0.2, -0.15) is 0 Å². The SMILES string of the molecule is [2H]C1([2H])[C@H]2O[C@](C)(n3c4ccccc4c4c5c[nH]c(O)c5c5c6ccccc6n2c5c43)[C@@]1(O)C(=O)OC. The molecule has 0 unspecified atom stereocenters. The molecule has 1 saturated heterocycles. The van der Waals surface area contributed by atoms with Crippen LogP contribution in [-0.4, -0.2) is 43.0 Å². The van der Waals surface area contributed by atoms with Crippen molar-refractivity contribution in [3.63, 3.8) is 0 Å². The molecule has 2 aliphatic rings. The van der Waals surface area contributed by atoms with Crippen molar-refractivity contribution in [3.8, 4) is 5.88 Å². The number of nitrogens with zero attached hydrogens (tertiary/aromatic N) is 2. The van der Waals surface area contributed by atoms with E-state index in [4.69, 9.17) is 9.47 Å². The lowest BCUT2D eigenvalue weighted by molar-refractivity contribution is -0.202. The maximum Gasteiger partial charge on any atom is 0.343 e. The van der Waals surface area contributed by atoms with Crippen LogP contribution >= 0.6 is 0 Å². The Kier molecular flexibility index (Phi) is 2.88. The number of esters is 1. The molecule has 174 valence electrons. The molecule has 0 aliphatic carbocycles. The lowest BCUT2D eigenvalue weighted by atomic mass is 9.89. The molecule has 0 spiro atoms. The Balaban J connectivity index is 1.78. The van der Waals surface area contributed by atoms with Crippen molar-refractivity contribution in [1.29, 1.82) is 0 Å². The zero-order valence-electron chi connectivity index (χ0n) is 20.8. The van der Waals surface area contributed by atoms with Crippen LogP contribution in [0.4, 0.5) is 0 Å². The average molecular weight is 469 g/mol. The van der Waals surface area contributed by atoms with Crippen LogP contribution < -0.4 is 0 Å². The maximum absolute atomic E-state index is 13.3. The second-order valence-electron chi connectivity index (χ2n) is 9.41. The zero-order chi connectivity index (χ0) is 25.6. The third kappa shape index (κ3) is 1.87. The Morgan fingerprint density at radius 2 is 1.77 bits per heavy atom. The van der Waals surface area contributed by atoms with E-state index in [0.717, 1.165) is 34.0 Å². The van der Waals surface area contributed by atoms with E-state index in [0.29, 0.717) is 27.5 Å². The number of rotatable bonds is 1. The van der Waals surface area contributed by atoms with E-state index in [1.807, 2.05) is 48.5 Å². The summed E-state index contributed by atoms with van der Waals surface area (Å²) in [6, 6.07) is 15.0. The lowest BCUT2D eigenvalue weighted by Gasteiger charge is -2.37. The lowest BCUT2D eigenvalue weighted by Crippen LogP contribution is -2.56. The third-order valence-electron chi connectivity index (χ3n) is 7.88. The highest BCUT2D eigenvalue weighted by atomic mass is 16.6. The Labute approximate surface area is 200 Å². The van der Waals surface area contributed by atoms with Crippen molar-refractivity contribution in [2.24, 2.45) is 0 Å². The number of H-pyrrole nitrogens is 1. The zero-order valence-corrected chi connectivity index (χ0v) is 18.8. The van der Waals surface area contributed by atoms with Gasteiger partial charge in [0.25, 0.3) is 0 Å². The summed E-state index contributed by atoms with van der Waals surface area (Å²) in [4.78, 5) is 16.3. The number of fused-ring (bicyclic) bond motifs is 13. The van der Waals surface area contributed by atoms with Gasteiger partial charge in [-0.05, 0) is 19.1 Å². The molecule has 3 atom stereocenters. The summed E-state index contributed by atoms with van der Waals surface area (Å²) in [6.07, 6.45) is -2.24. The number of benzene rings is 3. The van der Waals surface area contributed by atoms with Gasteiger partial charge < -0.3 is 33.8 Å². The van der Waals surface area contributed by atoms with E-state index >= 15 is 0 Å². The molecule has 0 radical (unpaired) electrons. The summed E-state index contributed by atoms with van der Waals surface area (Å²) < 4.78 is 33.3. The molecular formula is C27H21N3O5. The van der Waals surface area contributed by atoms with E-state index in [9.17, 15) is 17.7 Å². The summed E-state index contributed by atoms with van der Waals surface area (Å²) in [6.45, 7) is 1.53. The molecule has 3 aromatic carbocycles. The van der Waals surface area contributed by atoms with E-state index < -0.39 is 29.9 Å². The smallest absolute Gasteiger partial charge is 0.343 e. The number of carbonyl (C=O) groups excluding carboxylic acids is 1. The van der Waals surface area contributed by atoms with Crippen LogP contribution in [-0.2, 0) is 20.0 Å². The fourth-order valence-corrected chi connectivity index (χ4v) is 6.41. The van der Waals surface area contributed by atoms with Gasteiger partial charge in [-0.1, -0.05) is 36.4 Å². The Morgan fingerprint density at radius 3 is 2.51 bits per heavy atom. The molecule has 5 heterocycles. The van der Waals surface area contributed by atoms with E-state index in [1.54, 1.807) is 15.3 Å². The van der Waals surface area contributed by atoms with E-state index in [-0.39, 0.29) is 5.88 Å². The third-order valence-corrected chi connectivity index (χ3v) is 7.88. The Bertz CT molecular complexity index is 2020. The molecule has 6 aromatic rings. The minimum Gasteiger partial charge on any atom is -0.494 e. The first kappa shape index (κ1) is 17.4. The Hall–Kier alpha value is -4.01. The topological polar surface area (TPSA) is 102 Å². The van der Waals surface area contributed by atoms with Gasteiger partial charge in [0.1, 0.15) is 6.23 Å². The minimum absolute atomic E-state index is 0.00671. The van der Waals surface area contributed by atoms with Crippen LogP contribution in [0, 0.1) is 0 Å². The van der Waals surface area contributed by atoms with Gasteiger partial charge in [0.2, 0.25) is 5.60 Å². The molecule has 3 aromatic heterocycles. The standard InChI is InChI=1S/C27H21N3O5/c1-26-27(33,25(32)34-2)11-18(35-26)29-16-9-5-3-7-13(16)20-21-15(12-28-24(21)31)19-14-8-4-6-10-17(14)30(26)23(19)22(20)29/h3-10,12,18,28,31,33H,11H2,1-2H3/t18-,26+,27+/m1/s1/i11D2. The van der Waals surface area contributed by atoms with Crippen LogP contribution in [0.2, 0.25) is 0 Å². The highest BCUT2D eigenvalue weighted by Crippen LogP contribution is 2.58. The molecule has 1 fully saturated rings. The minimum atomic E-state index is -2.70. The van der Waals surface area contributed by atoms with Crippen LogP contribution in [0.3, 0.4) is 0 Å². The van der Waals surface area contributed by atoms with Crippen molar-refractivity contribution in [2.45, 2.75) is 30.9 Å². The fourth-order valence-electron chi connectivity index (χ4n) is 6.41. The van der Waals surface area contributed by atoms with Crippen molar-refractivity contribution in [2.75, 3.05) is 7.11 Å². The van der Waals surface area contributed by atoms with Gasteiger partial charge >= 0.3 is 5.97 Å². The summed E-state index contributed by atoms with van der Waals surface area (Å²) in [5, 5.41) is 27.6. The highest BCUT2D eigenvalue weighted by molar-refractivity contribution is 6.37. The second-order valence-corrected chi connectivity index (χ2v) is 9.41. The van der Waals surface area contributed by atoms with Crippen molar-refractivity contribution >= 4 is 60.4 Å². The first-order valence-corrected chi connectivity index (χ1v) is 11.4. The fraction of sp³-hybridized carbons (Fsp3) is 0.222. The predicted molar refractivity (Wildman–Crippen MR) is 131 cm³/mol. The molecule has 2 bridgehead atoms. The number of aromatic amines is 1. The number of aliphatic hydroxyl groups is 1. The van der Waals surface area contributed by atoms with Crippen LogP contribution in [0.15, 0.2) is 54.7 Å². The molecular weight excluding hydrogens is 446 g/mol. The Morgan fingerprint density at radius 1 is 1.09 bits per heavy atom. The molecule has 8 nitrogen and oxygen atoms in total. The number of methoxy groups -OCH3 is 1. The summed E-state index contributed by atoms with van der Waals surface area (Å²) in [5.74, 6) is -1.11.